The number of nitrogens with zero attached hydrogens (tertiary/aromatic N) is 6. The van der Waals surface area contributed by atoms with Gasteiger partial charge in [-0.2, -0.15) is 14.9 Å². The van der Waals surface area contributed by atoms with E-state index in [-0.39, 0.29) is 5.91 Å². The number of fused-ring (bicyclic) bond motifs is 2. The van der Waals surface area contributed by atoms with Crippen LogP contribution in [0.3, 0.4) is 0 Å². The Kier molecular flexibility index (Phi) is 8.23. The lowest BCUT2D eigenvalue weighted by Gasteiger charge is -2.23. The molecule has 0 saturated carbocycles. The minimum Gasteiger partial charge on any atom is -0.360 e. The number of carbonyl (C=O) groups is 1. The van der Waals surface area contributed by atoms with Crippen molar-refractivity contribution >= 4 is 42.0 Å². The van der Waals surface area contributed by atoms with Gasteiger partial charge in [0.15, 0.2) is 5.82 Å². The van der Waals surface area contributed by atoms with Crippen LogP contribution >= 0.6 is 0 Å². The zero-order valence-corrected chi connectivity index (χ0v) is 27.7. The predicted octanol–water partition coefficient (Wildman–Crippen LogP) is 7.68. The number of nitrogens with one attached hydrogen (secondary N) is 1. The van der Waals surface area contributed by atoms with Gasteiger partial charge in [0.25, 0.3) is 5.91 Å². The molecular formula is C36H39N7O2Si. The van der Waals surface area contributed by atoms with Crippen LogP contribution in [0.1, 0.15) is 47.3 Å². The molecule has 0 radical (unpaired) electrons. The largest absolute Gasteiger partial charge is 0.360 e. The summed E-state index contributed by atoms with van der Waals surface area (Å²) in [5, 5.41) is 13.3. The molecule has 0 spiro atoms. The highest BCUT2D eigenvalue weighted by Gasteiger charge is 2.34. The first-order valence-corrected chi connectivity index (χ1v) is 19.8. The fraction of sp³-hybridized carbons (Fsp3) is 0.306. The molecule has 4 heterocycles. The molecule has 2 aliphatic rings. The maximum Gasteiger partial charge on any atom is 0.280 e. The zero-order valence-electron chi connectivity index (χ0n) is 26.7. The van der Waals surface area contributed by atoms with E-state index in [1.165, 1.54) is 12.0 Å². The molecule has 0 atom stereocenters. The van der Waals surface area contributed by atoms with E-state index in [1.807, 2.05) is 48.7 Å². The third-order valence-corrected chi connectivity index (χ3v) is 10.3. The standard InChI is InChI=1S/C36H39N7O2Si/c1-46(2,3)21-20-45-24-42-19-16-32(40-42)39-30-23-31-34(25-10-6-4-7-11-25)35(26-12-8-5-9-13-26)41-43(31)36(44)33(30)27-14-15-28-29(22-27)38-18-17-37-28/h5,8-10,12-19,22H,4,6-7,11,20-21,23-24H2,1-3H3,(H,39,40). The Morgan fingerprint density at radius 2 is 1.76 bits per heavy atom. The summed E-state index contributed by atoms with van der Waals surface area (Å²) in [6.07, 6.45) is 12.4. The van der Waals surface area contributed by atoms with Gasteiger partial charge in [-0.25, -0.2) is 4.68 Å². The number of hydrogen-bond acceptors (Lipinski definition) is 7. The number of carbonyl (C=O) groups excluding carboxylic acids is 1. The lowest BCUT2D eigenvalue weighted by molar-refractivity contribution is 0.0788. The van der Waals surface area contributed by atoms with E-state index in [1.54, 1.807) is 21.8 Å². The van der Waals surface area contributed by atoms with Crippen LogP contribution in [-0.2, 0) is 17.9 Å². The number of benzene rings is 2. The first kappa shape index (κ1) is 30.0. The first-order chi connectivity index (χ1) is 22.3. The van der Waals surface area contributed by atoms with E-state index in [2.05, 4.69) is 53.1 Å². The molecule has 3 aromatic heterocycles. The molecule has 1 aliphatic heterocycles. The molecule has 1 N–H and O–H groups in total. The molecular weight excluding hydrogens is 591 g/mol. The highest BCUT2D eigenvalue weighted by atomic mass is 28.3. The van der Waals surface area contributed by atoms with E-state index >= 15 is 0 Å². The normalized spacial score (nSPS) is 15.3. The van der Waals surface area contributed by atoms with E-state index in [4.69, 9.17) is 14.9 Å². The molecule has 9 nitrogen and oxygen atoms in total. The summed E-state index contributed by atoms with van der Waals surface area (Å²) < 4.78 is 9.35. The Morgan fingerprint density at radius 1 is 0.935 bits per heavy atom. The number of rotatable bonds is 10. The fourth-order valence-electron chi connectivity index (χ4n) is 6.19. The van der Waals surface area contributed by atoms with E-state index in [9.17, 15) is 4.79 Å². The maximum atomic E-state index is 14.6. The average molecular weight is 630 g/mol. The Bertz CT molecular complexity index is 1970. The second-order valence-corrected chi connectivity index (χ2v) is 18.9. The lowest BCUT2D eigenvalue weighted by atomic mass is 9.88. The van der Waals surface area contributed by atoms with E-state index in [0.717, 1.165) is 76.7 Å². The number of allylic oxidation sites excluding steroid dienone is 4. The van der Waals surface area contributed by atoms with Crippen molar-refractivity contribution in [2.45, 2.75) is 64.5 Å². The van der Waals surface area contributed by atoms with Gasteiger partial charge >= 0.3 is 0 Å². The van der Waals surface area contributed by atoms with Crippen LogP contribution in [0, 0.1) is 0 Å². The third-order valence-electron chi connectivity index (χ3n) is 8.59. The predicted molar refractivity (Wildman–Crippen MR) is 185 cm³/mol. The van der Waals surface area contributed by atoms with Gasteiger partial charge in [0, 0.05) is 62.6 Å². The molecule has 10 heteroatoms. The third kappa shape index (κ3) is 6.23. The number of hydrogen-bond donors (Lipinski definition) is 1. The summed E-state index contributed by atoms with van der Waals surface area (Å²) in [5.41, 5.74) is 8.68. The van der Waals surface area contributed by atoms with Crippen LogP contribution in [0.15, 0.2) is 85.0 Å². The van der Waals surface area contributed by atoms with Crippen LogP contribution < -0.4 is 5.32 Å². The first-order valence-electron chi connectivity index (χ1n) is 16.1. The van der Waals surface area contributed by atoms with E-state index < -0.39 is 8.07 Å². The number of ether oxygens (including phenoxy) is 1. The van der Waals surface area contributed by atoms with Crippen molar-refractivity contribution in [3.8, 4) is 11.3 Å². The molecule has 0 amide bonds. The molecule has 0 saturated heterocycles. The summed E-state index contributed by atoms with van der Waals surface area (Å²) >= 11 is 0. The molecule has 0 fully saturated rings. The van der Waals surface area contributed by atoms with Crippen LogP contribution in [-0.4, -0.2) is 50.1 Å². The average Bonchev–Trinajstić information content (AvgIpc) is 3.68. The molecule has 46 heavy (non-hydrogen) atoms. The topological polar surface area (TPSA) is 99.8 Å². The van der Waals surface area contributed by atoms with Crippen molar-refractivity contribution in [2.24, 2.45) is 0 Å². The monoisotopic (exact) mass is 629 g/mol. The van der Waals surface area contributed by atoms with Crippen molar-refractivity contribution in [1.82, 2.24) is 29.5 Å². The zero-order chi connectivity index (χ0) is 31.7. The van der Waals surface area contributed by atoms with Crippen molar-refractivity contribution in [3.63, 3.8) is 0 Å². The van der Waals surface area contributed by atoms with Gasteiger partial charge in [0.2, 0.25) is 0 Å². The molecule has 234 valence electrons. The Labute approximate surface area is 270 Å². The van der Waals surface area contributed by atoms with Gasteiger partial charge < -0.3 is 10.1 Å². The van der Waals surface area contributed by atoms with Crippen molar-refractivity contribution in [3.05, 3.63) is 102 Å². The summed E-state index contributed by atoms with van der Waals surface area (Å²) in [6.45, 7) is 8.13. The van der Waals surface area contributed by atoms with Gasteiger partial charge in [-0.15, -0.1) is 0 Å². The van der Waals surface area contributed by atoms with E-state index in [0.29, 0.717) is 24.5 Å². The quantitative estimate of drug-likeness (QED) is 0.125. The lowest BCUT2D eigenvalue weighted by Crippen LogP contribution is -2.27. The second-order valence-electron chi connectivity index (χ2n) is 13.2. The number of aromatic nitrogens is 6. The fourth-order valence-corrected chi connectivity index (χ4v) is 6.95. The maximum absolute atomic E-state index is 14.6. The Morgan fingerprint density at radius 3 is 2.54 bits per heavy atom. The van der Waals surface area contributed by atoms with Gasteiger partial charge in [-0.3, -0.25) is 14.8 Å². The van der Waals surface area contributed by atoms with Crippen molar-refractivity contribution in [1.29, 1.82) is 0 Å². The van der Waals surface area contributed by atoms with Gasteiger partial charge in [0.05, 0.1) is 22.3 Å². The Balaban J connectivity index is 1.29. The van der Waals surface area contributed by atoms with Crippen LogP contribution in [0.25, 0.3) is 33.4 Å². The smallest absolute Gasteiger partial charge is 0.280 e. The summed E-state index contributed by atoms with van der Waals surface area (Å²) in [7, 11) is -1.17. The minimum absolute atomic E-state index is 0.180. The molecule has 1 aliphatic carbocycles. The highest BCUT2D eigenvalue weighted by molar-refractivity contribution is 6.76. The SMILES string of the molecule is C[Si](C)(C)CCOCn1ccc(NC2=C(c3ccc4nccnc4c3)C(=O)n3nc(-c4ccccc4)c(C4=CCCCC4)c3C2)n1. The van der Waals surface area contributed by atoms with Gasteiger partial charge in [-0.1, -0.05) is 62.1 Å². The summed E-state index contributed by atoms with van der Waals surface area (Å²) in [5.74, 6) is 0.477. The molecule has 5 aromatic rings. The molecule has 0 bridgehead atoms. The molecule has 2 aromatic carbocycles. The minimum atomic E-state index is -1.17. The van der Waals surface area contributed by atoms with Crippen LogP contribution in [0.2, 0.25) is 25.7 Å². The van der Waals surface area contributed by atoms with Gasteiger partial charge in [0.1, 0.15) is 12.4 Å². The van der Waals surface area contributed by atoms with Crippen molar-refractivity contribution in [2.75, 3.05) is 11.9 Å². The highest BCUT2D eigenvalue weighted by Crippen LogP contribution is 2.40. The van der Waals surface area contributed by atoms with Crippen molar-refractivity contribution < 1.29 is 9.53 Å². The van der Waals surface area contributed by atoms with Crippen LogP contribution in [0.4, 0.5) is 5.82 Å². The van der Waals surface area contributed by atoms with Crippen LogP contribution in [0.5, 0.6) is 0 Å². The second kappa shape index (κ2) is 12.6. The Hall–Kier alpha value is -4.67. The molecule has 7 rings (SSSR count). The van der Waals surface area contributed by atoms with Gasteiger partial charge in [-0.05, 0) is 55.0 Å². The number of anilines is 1. The summed E-state index contributed by atoms with van der Waals surface area (Å²) in [6, 6.07) is 19.0. The molecule has 0 unspecified atom stereocenters. The summed E-state index contributed by atoms with van der Waals surface area (Å²) in [4.78, 5) is 23.5.